The Balaban J connectivity index is 2.43. The molecule has 1 fully saturated rings. The van der Waals surface area contributed by atoms with Crippen molar-refractivity contribution in [3.63, 3.8) is 0 Å². The summed E-state index contributed by atoms with van der Waals surface area (Å²) in [6.07, 6.45) is 26.9. The summed E-state index contributed by atoms with van der Waals surface area (Å²) < 4.78 is 47.5. The molecule has 0 aromatic heterocycles. The summed E-state index contributed by atoms with van der Waals surface area (Å²) in [5.41, 5.74) is 0. The number of aliphatic hydroxyl groups is 4. The number of ether oxygens (including phenoxy) is 2. The second-order valence-corrected chi connectivity index (χ2v) is 17.4. The summed E-state index contributed by atoms with van der Waals surface area (Å²) in [6.45, 7) is 3.43. The average molecular weight is 824 g/mol. The number of hydrogen-bond donors (Lipinski definition) is 6. The molecule has 0 saturated carbocycles. The first-order valence-electron chi connectivity index (χ1n) is 22.9. The Kier molecular flexibility index (Phi) is 33.1. The minimum absolute atomic E-state index is 0.231. The van der Waals surface area contributed by atoms with Gasteiger partial charge in [0.05, 0.1) is 25.4 Å². The maximum absolute atomic E-state index is 12.9. The Labute approximate surface area is 341 Å². The first-order chi connectivity index (χ1) is 27.0. The maximum Gasteiger partial charge on any atom is 0.397 e. The SMILES string of the molecule is CCCCCCCCCCCCCCCCCCCCCCC(O)C(COC1OC(CO)C(O)C(OS(=O)(=O)O)C1O)NC(=O)CCCCCCCCCCC. The van der Waals surface area contributed by atoms with Crippen LogP contribution in [0.2, 0.25) is 0 Å². The molecule has 334 valence electrons. The molecule has 0 aliphatic carbocycles. The predicted octanol–water partition coefficient (Wildman–Crippen LogP) is 8.61. The van der Waals surface area contributed by atoms with Crippen LogP contribution in [0.3, 0.4) is 0 Å². The van der Waals surface area contributed by atoms with E-state index in [1.54, 1.807) is 0 Å². The van der Waals surface area contributed by atoms with Crippen LogP contribution < -0.4 is 5.32 Å². The summed E-state index contributed by atoms with van der Waals surface area (Å²) in [5, 5.41) is 44.7. The lowest BCUT2D eigenvalue weighted by Crippen LogP contribution is -2.61. The van der Waals surface area contributed by atoms with Gasteiger partial charge in [-0.05, 0) is 12.8 Å². The highest BCUT2D eigenvalue weighted by atomic mass is 32.3. The molecule has 1 aliphatic rings. The van der Waals surface area contributed by atoms with Crippen molar-refractivity contribution in [3.05, 3.63) is 0 Å². The first kappa shape index (κ1) is 53.1. The highest BCUT2D eigenvalue weighted by molar-refractivity contribution is 7.80. The molecule has 12 nitrogen and oxygen atoms in total. The zero-order chi connectivity index (χ0) is 41.3. The molecule has 1 heterocycles. The minimum Gasteiger partial charge on any atom is -0.394 e. The highest BCUT2D eigenvalue weighted by Gasteiger charge is 2.48. The summed E-state index contributed by atoms with van der Waals surface area (Å²) in [7, 11) is -5.07. The number of hydrogen-bond acceptors (Lipinski definition) is 10. The molecule has 6 N–H and O–H groups in total. The average Bonchev–Trinajstić information content (AvgIpc) is 3.16. The fraction of sp³-hybridized carbons (Fsp3) is 0.977. The van der Waals surface area contributed by atoms with Gasteiger partial charge in [0.1, 0.15) is 24.4 Å². The molecule has 0 radical (unpaired) electrons. The molecule has 0 spiro atoms. The van der Waals surface area contributed by atoms with Gasteiger partial charge in [-0.15, -0.1) is 0 Å². The van der Waals surface area contributed by atoms with Gasteiger partial charge in [0, 0.05) is 6.42 Å². The van der Waals surface area contributed by atoms with Gasteiger partial charge in [-0.25, -0.2) is 4.18 Å². The van der Waals surface area contributed by atoms with E-state index in [2.05, 4.69) is 23.3 Å². The van der Waals surface area contributed by atoms with E-state index in [-0.39, 0.29) is 12.5 Å². The van der Waals surface area contributed by atoms with E-state index < -0.39 is 59.9 Å². The largest absolute Gasteiger partial charge is 0.397 e. The van der Waals surface area contributed by atoms with Gasteiger partial charge >= 0.3 is 10.4 Å². The Morgan fingerprint density at radius 2 is 1.04 bits per heavy atom. The molecule has 1 aliphatic heterocycles. The van der Waals surface area contributed by atoms with Gasteiger partial charge in [-0.2, -0.15) is 8.42 Å². The van der Waals surface area contributed by atoms with Crippen molar-refractivity contribution >= 4 is 16.3 Å². The number of amides is 1. The van der Waals surface area contributed by atoms with E-state index in [0.29, 0.717) is 12.8 Å². The Hall–Kier alpha value is -0.900. The molecule has 0 aromatic rings. The topological polar surface area (TPSA) is 192 Å². The highest BCUT2D eigenvalue weighted by Crippen LogP contribution is 2.26. The lowest BCUT2D eigenvalue weighted by Gasteiger charge is -2.41. The second kappa shape index (κ2) is 34.9. The van der Waals surface area contributed by atoms with Crippen LogP contribution in [0.25, 0.3) is 0 Å². The molecular formula is C43H85NO11S. The van der Waals surface area contributed by atoms with E-state index in [9.17, 15) is 33.6 Å². The Morgan fingerprint density at radius 1 is 0.643 bits per heavy atom. The molecular weight excluding hydrogens is 739 g/mol. The van der Waals surface area contributed by atoms with Crippen molar-refractivity contribution in [2.24, 2.45) is 0 Å². The van der Waals surface area contributed by atoms with Gasteiger partial charge in [-0.3, -0.25) is 9.35 Å². The quantitative estimate of drug-likeness (QED) is 0.0257. The fourth-order valence-corrected chi connectivity index (χ4v) is 8.09. The summed E-state index contributed by atoms with van der Waals surface area (Å²) in [6, 6.07) is -0.849. The second-order valence-electron chi connectivity index (χ2n) is 16.4. The van der Waals surface area contributed by atoms with Crippen molar-refractivity contribution < 1.29 is 51.8 Å². The third-order valence-electron chi connectivity index (χ3n) is 11.2. The van der Waals surface area contributed by atoms with Crippen molar-refractivity contribution in [3.8, 4) is 0 Å². The van der Waals surface area contributed by atoms with Crippen molar-refractivity contribution in [2.75, 3.05) is 13.2 Å². The first-order valence-corrected chi connectivity index (χ1v) is 24.3. The van der Waals surface area contributed by atoms with E-state index >= 15 is 0 Å². The number of nitrogens with one attached hydrogen (secondary N) is 1. The third kappa shape index (κ3) is 27.7. The molecule has 0 aromatic carbocycles. The van der Waals surface area contributed by atoms with Crippen molar-refractivity contribution in [2.45, 2.75) is 256 Å². The van der Waals surface area contributed by atoms with Crippen LogP contribution in [0.5, 0.6) is 0 Å². The lowest BCUT2D eigenvalue weighted by molar-refractivity contribution is -0.298. The standard InChI is InChI=1S/C43H85NO11S/c1-3-5-7-9-11-13-14-15-16-17-18-19-20-21-22-23-25-26-28-30-32-37(46)36(44-39(47)33-31-29-27-24-12-10-8-6-4-2)35-53-43-41(49)42(55-56(50,51)52)40(48)38(34-45)54-43/h36-38,40-43,45-46,48-49H,3-35H2,1-2H3,(H,44,47)(H,50,51,52). The number of unbranched alkanes of at least 4 members (excludes halogenated alkanes) is 27. The van der Waals surface area contributed by atoms with Gasteiger partial charge in [0.2, 0.25) is 5.91 Å². The maximum atomic E-state index is 12.9. The van der Waals surface area contributed by atoms with Crippen LogP contribution in [0.15, 0.2) is 0 Å². The molecule has 0 bridgehead atoms. The van der Waals surface area contributed by atoms with Crippen molar-refractivity contribution in [1.29, 1.82) is 0 Å². The number of carbonyl (C=O) groups is 1. The molecule has 1 rings (SSSR count). The Bertz CT molecular complexity index is 1020. The summed E-state index contributed by atoms with van der Waals surface area (Å²) in [4.78, 5) is 12.9. The summed E-state index contributed by atoms with van der Waals surface area (Å²) >= 11 is 0. The number of aliphatic hydroxyl groups excluding tert-OH is 4. The van der Waals surface area contributed by atoms with Crippen LogP contribution in [-0.2, 0) is 28.9 Å². The minimum atomic E-state index is -5.07. The van der Waals surface area contributed by atoms with Crippen LogP contribution >= 0.6 is 0 Å². The molecule has 13 heteroatoms. The van der Waals surface area contributed by atoms with Crippen LogP contribution in [0.4, 0.5) is 0 Å². The molecule has 7 unspecified atom stereocenters. The van der Waals surface area contributed by atoms with Crippen molar-refractivity contribution in [1.82, 2.24) is 5.32 Å². The van der Waals surface area contributed by atoms with Gasteiger partial charge < -0.3 is 35.2 Å². The third-order valence-corrected chi connectivity index (χ3v) is 11.6. The van der Waals surface area contributed by atoms with E-state index in [1.165, 1.54) is 135 Å². The smallest absolute Gasteiger partial charge is 0.394 e. The fourth-order valence-electron chi connectivity index (χ4n) is 7.58. The van der Waals surface area contributed by atoms with Gasteiger partial charge in [0.25, 0.3) is 0 Å². The van der Waals surface area contributed by atoms with Gasteiger partial charge in [-0.1, -0.05) is 194 Å². The van der Waals surface area contributed by atoms with Crippen LogP contribution in [-0.4, -0.2) is 95.4 Å². The molecule has 1 saturated heterocycles. The molecule has 56 heavy (non-hydrogen) atoms. The predicted molar refractivity (Wildman–Crippen MR) is 223 cm³/mol. The lowest BCUT2D eigenvalue weighted by atomic mass is 9.99. The van der Waals surface area contributed by atoms with E-state index in [1.807, 2.05) is 0 Å². The monoisotopic (exact) mass is 824 g/mol. The van der Waals surface area contributed by atoms with E-state index in [0.717, 1.165) is 51.4 Å². The van der Waals surface area contributed by atoms with Crippen LogP contribution in [0, 0.1) is 0 Å². The number of carbonyl (C=O) groups excluding carboxylic acids is 1. The van der Waals surface area contributed by atoms with Gasteiger partial charge in [0.15, 0.2) is 6.29 Å². The Morgan fingerprint density at radius 3 is 1.43 bits per heavy atom. The molecule has 1 amide bonds. The zero-order valence-corrected chi connectivity index (χ0v) is 36.3. The summed E-state index contributed by atoms with van der Waals surface area (Å²) in [5.74, 6) is -0.231. The molecule has 7 atom stereocenters. The van der Waals surface area contributed by atoms with E-state index in [4.69, 9.17) is 14.0 Å². The zero-order valence-electron chi connectivity index (χ0n) is 35.5. The normalized spacial score (nSPS) is 21.3. The van der Waals surface area contributed by atoms with Crippen LogP contribution in [0.1, 0.15) is 213 Å². The number of rotatable bonds is 39.